The van der Waals surface area contributed by atoms with Crippen molar-refractivity contribution < 1.29 is 9.59 Å². The van der Waals surface area contributed by atoms with Crippen LogP contribution >= 0.6 is 0 Å². The van der Waals surface area contributed by atoms with Crippen LogP contribution in [0.3, 0.4) is 0 Å². The van der Waals surface area contributed by atoms with Crippen molar-refractivity contribution in [3.8, 4) is 0 Å². The van der Waals surface area contributed by atoms with Crippen LogP contribution in [0.15, 0.2) is 36.4 Å². The summed E-state index contributed by atoms with van der Waals surface area (Å²) in [4.78, 5) is 27.4. The zero-order chi connectivity index (χ0) is 18.0. The third-order valence-corrected chi connectivity index (χ3v) is 4.63. The molecule has 2 aromatic carbocycles. The Morgan fingerprint density at radius 3 is 2.48 bits per heavy atom. The maximum atomic E-state index is 12.9. The Kier molecular flexibility index (Phi) is 4.74. The monoisotopic (exact) mass is 337 g/mol. The molecule has 3 rings (SSSR count). The van der Waals surface area contributed by atoms with E-state index in [4.69, 9.17) is 5.73 Å². The largest absolute Gasteiger partial charge is 0.399 e. The van der Waals surface area contributed by atoms with E-state index >= 15 is 0 Å². The van der Waals surface area contributed by atoms with Crippen molar-refractivity contribution in [2.24, 2.45) is 0 Å². The predicted octanol–water partition coefficient (Wildman–Crippen LogP) is 3.37. The van der Waals surface area contributed by atoms with Crippen LogP contribution in [0.5, 0.6) is 0 Å². The molecule has 3 N–H and O–H groups in total. The van der Waals surface area contributed by atoms with E-state index in [1.807, 2.05) is 36.9 Å². The van der Waals surface area contributed by atoms with E-state index in [1.54, 1.807) is 18.2 Å². The summed E-state index contributed by atoms with van der Waals surface area (Å²) in [5, 5.41) is 2.90. The SMILES string of the molecule is Cc1ccc(N)cc1C(=O)Nc1cccc(C)c1C(=O)N1CCCC1. The number of aryl methyl sites for hydroxylation is 2. The number of carbonyl (C=O) groups excluding carboxylic acids is 2. The molecule has 1 heterocycles. The quantitative estimate of drug-likeness (QED) is 0.843. The zero-order valence-corrected chi connectivity index (χ0v) is 14.6. The van der Waals surface area contributed by atoms with Gasteiger partial charge in [-0.1, -0.05) is 18.2 Å². The molecule has 2 amide bonds. The average molecular weight is 337 g/mol. The first kappa shape index (κ1) is 17.0. The Balaban J connectivity index is 1.92. The Hall–Kier alpha value is -2.82. The third-order valence-electron chi connectivity index (χ3n) is 4.63. The van der Waals surface area contributed by atoms with Crippen LogP contribution < -0.4 is 11.1 Å². The van der Waals surface area contributed by atoms with Gasteiger partial charge in [0.05, 0.1) is 11.3 Å². The first-order chi connectivity index (χ1) is 12.0. The van der Waals surface area contributed by atoms with E-state index in [0.29, 0.717) is 22.5 Å². The number of anilines is 2. The highest BCUT2D eigenvalue weighted by Gasteiger charge is 2.24. The highest BCUT2D eigenvalue weighted by atomic mass is 16.2. The summed E-state index contributed by atoms with van der Waals surface area (Å²) in [5.74, 6) is -0.277. The number of nitrogen functional groups attached to an aromatic ring is 1. The number of nitrogens with two attached hydrogens (primary N) is 1. The van der Waals surface area contributed by atoms with Gasteiger partial charge in [-0.3, -0.25) is 9.59 Å². The topological polar surface area (TPSA) is 75.4 Å². The van der Waals surface area contributed by atoms with Crippen LogP contribution in [0, 0.1) is 13.8 Å². The van der Waals surface area contributed by atoms with Gasteiger partial charge in [0.2, 0.25) is 0 Å². The van der Waals surface area contributed by atoms with E-state index < -0.39 is 0 Å². The highest BCUT2D eigenvalue weighted by molar-refractivity contribution is 6.10. The molecule has 0 spiro atoms. The van der Waals surface area contributed by atoms with Crippen molar-refractivity contribution in [1.29, 1.82) is 0 Å². The van der Waals surface area contributed by atoms with Gasteiger partial charge in [-0.05, 0) is 56.0 Å². The van der Waals surface area contributed by atoms with E-state index in [-0.39, 0.29) is 11.8 Å². The molecule has 0 saturated carbocycles. The summed E-state index contributed by atoms with van der Waals surface area (Å²) in [6, 6.07) is 10.7. The van der Waals surface area contributed by atoms with Crippen molar-refractivity contribution in [2.75, 3.05) is 24.1 Å². The lowest BCUT2D eigenvalue weighted by molar-refractivity contribution is 0.0793. The number of benzene rings is 2. The summed E-state index contributed by atoms with van der Waals surface area (Å²) < 4.78 is 0. The van der Waals surface area contributed by atoms with Crippen molar-refractivity contribution in [3.63, 3.8) is 0 Å². The Morgan fingerprint density at radius 2 is 1.76 bits per heavy atom. The first-order valence-corrected chi connectivity index (χ1v) is 8.54. The van der Waals surface area contributed by atoms with Crippen LogP contribution in [-0.4, -0.2) is 29.8 Å². The summed E-state index contributed by atoms with van der Waals surface area (Å²) in [6.07, 6.45) is 2.06. The van der Waals surface area contributed by atoms with E-state index in [9.17, 15) is 9.59 Å². The van der Waals surface area contributed by atoms with Crippen LogP contribution in [0.1, 0.15) is 44.7 Å². The van der Waals surface area contributed by atoms with Gasteiger partial charge in [0.1, 0.15) is 0 Å². The second-order valence-electron chi connectivity index (χ2n) is 6.53. The van der Waals surface area contributed by atoms with Gasteiger partial charge in [-0.15, -0.1) is 0 Å². The predicted molar refractivity (Wildman–Crippen MR) is 99.9 cm³/mol. The minimum atomic E-state index is -0.258. The van der Waals surface area contributed by atoms with Crippen LogP contribution in [0.25, 0.3) is 0 Å². The van der Waals surface area contributed by atoms with E-state index in [1.165, 1.54) is 0 Å². The van der Waals surface area contributed by atoms with Gasteiger partial charge < -0.3 is 16.0 Å². The average Bonchev–Trinajstić information content (AvgIpc) is 3.11. The molecular formula is C20H23N3O2. The molecule has 1 fully saturated rings. The molecule has 1 saturated heterocycles. The standard InChI is InChI=1S/C20H23N3O2/c1-13-8-9-15(21)12-16(13)19(24)22-17-7-5-6-14(2)18(17)20(25)23-10-3-4-11-23/h5-9,12H,3-4,10-11,21H2,1-2H3,(H,22,24). The smallest absolute Gasteiger partial charge is 0.256 e. The molecule has 5 nitrogen and oxygen atoms in total. The normalized spacial score (nSPS) is 13.8. The molecule has 1 aliphatic rings. The number of hydrogen-bond donors (Lipinski definition) is 2. The zero-order valence-electron chi connectivity index (χ0n) is 14.6. The summed E-state index contributed by atoms with van der Waals surface area (Å²) in [6.45, 7) is 5.30. The number of nitrogens with one attached hydrogen (secondary N) is 1. The van der Waals surface area contributed by atoms with Gasteiger partial charge >= 0.3 is 0 Å². The van der Waals surface area contributed by atoms with Crippen LogP contribution in [0.2, 0.25) is 0 Å². The van der Waals surface area contributed by atoms with Crippen molar-refractivity contribution in [1.82, 2.24) is 4.90 Å². The maximum absolute atomic E-state index is 12.9. The fourth-order valence-corrected chi connectivity index (χ4v) is 3.21. The van der Waals surface area contributed by atoms with E-state index in [2.05, 4.69) is 5.32 Å². The van der Waals surface area contributed by atoms with Crippen LogP contribution in [0.4, 0.5) is 11.4 Å². The second-order valence-corrected chi connectivity index (χ2v) is 6.53. The highest BCUT2D eigenvalue weighted by Crippen LogP contribution is 2.25. The van der Waals surface area contributed by atoms with Gasteiger partial charge in [-0.2, -0.15) is 0 Å². The second kappa shape index (κ2) is 6.97. The Labute approximate surface area is 147 Å². The summed E-state index contributed by atoms with van der Waals surface area (Å²) in [7, 11) is 0. The molecule has 0 radical (unpaired) electrons. The van der Waals surface area contributed by atoms with Gasteiger partial charge in [0.15, 0.2) is 0 Å². The molecule has 130 valence electrons. The molecular weight excluding hydrogens is 314 g/mol. The molecule has 0 unspecified atom stereocenters. The van der Waals surface area contributed by atoms with Crippen molar-refractivity contribution in [3.05, 3.63) is 58.7 Å². The van der Waals surface area contributed by atoms with Crippen LogP contribution in [-0.2, 0) is 0 Å². The van der Waals surface area contributed by atoms with Crippen molar-refractivity contribution >= 4 is 23.2 Å². The molecule has 5 heteroatoms. The lowest BCUT2D eigenvalue weighted by atomic mass is 10.0. The minimum Gasteiger partial charge on any atom is -0.399 e. The van der Waals surface area contributed by atoms with Crippen molar-refractivity contribution in [2.45, 2.75) is 26.7 Å². The first-order valence-electron chi connectivity index (χ1n) is 8.54. The molecule has 0 aliphatic carbocycles. The third kappa shape index (κ3) is 3.50. The number of rotatable bonds is 3. The fourth-order valence-electron chi connectivity index (χ4n) is 3.21. The number of hydrogen-bond acceptors (Lipinski definition) is 3. The molecule has 25 heavy (non-hydrogen) atoms. The lowest BCUT2D eigenvalue weighted by Crippen LogP contribution is -2.29. The number of amides is 2. The Bertz CT molecular complexity index is 824. The number of nitrogens with zero attached hydrogens (tertiary/aromatic N) is 1. The minimum absolute atomic E-state index is 0.0183. The lowest BCUT2D eigenvalue weighted by Gasteiger charge is -2.20. The Morgan fingerprint density at radius 1 is 1.04 bits per heavy atom. The number of carbonyl (C=O) groups is 2. The maximum Gasteiger partial charge on any atom is 0.256 e. The summed E-state index contributed by atoms with van der Waals surface area (Å²) in [5.41, 5.74) is 9.67. The molecule has 1 aliphatic heterocycles. The van der Waals surface area contributed by atoms with Gasteiger partial charge in [-0.25, -0.2) is 0 Å². The van der Waals surface area contributed by atoms with E-state index in [0.717, 1.165) is 37.1 Å². The number of likely N-dealkylation sites (tertiary alicyclic amines) is 1. The molecule has 2 aromatic rings. The van der Waals surface area contributed by atoms with Gasteiger partial charge in [0, 0.05) is 24.3 Å². The van der Waals surface area contributed by atoms with Gasteiger partial charge in [0.25, 0.3) is 11.8 Å². The summed E-state index contributed by atoms with van der Waals surface area (Å²) >= 11 is 0. The molecule has 0 aromatic heterocycles. The molecule has 0 atom stereocenters. The molecule has 0 bridgehead atoms. The fraction of sp³-hybridized carbons (Fsp3) is 0.300.